The summed E-state index contributed by atoms with van der Waals surface area (Å²) in [6, 6.07) is 0.470. The van der Waals surface area contributed by atoms with Crippen LogP contribution in [-0.2, 0) is 0 Å². The molecule has 0 aromatic heterocycles. The zero-order valence-electron chi connectivity index (χ0n) is 9.10. The molecule has 2 N–H and O–H groups in total. The monoisotopic (exact) mass is 183 g/mol. The first kappa shape index (κ1) is 11.0. The summed E-state index contributed by atoms with van der Waals surface area (Å²) >= 11 is 0. The van der Waals surface area contributed by atoms with Crippen LogP contribution in [0, 0.1) is 5.92 Å². The molecule has 0 unspecified atom stereocenters. The molecule has 0 aliphatic heterocycles. The van der Waals surface area contributed by atoms with E-state index in [-0.39, 0.29) is 0 Å². The van der Waals surface area contributed by atoms with Crippen molar-refractivity contribution in [2.24, 2.45) is 11.7 Å². The summed E-state index contributed by atoms with van der Waals surface area (Å²) in [5.74, 6) is 0.822. The van der Waals surface area contributed by atoms with Crippen LogP contribution in [0.2, 0.25) is 0 Å². The molecule has 0 radical (unpaired) electrons. The van der Waals surface area contributed by atoms with Crippen molar-refractivity contribution in [3.8, 4) is 0 Å². The van der Waals surface area contributed by atoms with Crippen LogP contribution in [0.1, 0.15) is 64.7 Å². The lowest BCUT2D eigenvalue weighted by atomic mass is 9.89. The third-order valence-electron chi connectivity index (χ3n) is 3.48. The molecule has 0 amide bonds. The Morgan fingerprint density at radius 1 is 1.00 bits per heavy atom. The molecule has 13 heavy (non-hydrogen) atoms. The van der Waals surface area contributed by atoms with Crippen LogP contribution < -0.4 is 5.73 Å². The van der Waals surface area contributed by atoms with E-state index < -0.39 is 0 Å². The zero-order valence-corrected chi connectivity index (χ0v) is 9.10. The molecule has 1 aliphatic rings. The van der Waals surface area contributed by atoms with Gasteiger partial charge in [-0.1, -0.05) is 45.4 Å². The van der Waals surface area contributed by atoms with Gasteiger partial charge in [-0.25, -0.2) is 0 Å². The van der Waals surface area contributed by atoms with Gasteiger partial charge in [0.15, 0.2) is 0 Å². The van der Waals surface area contributed by atoms with E-state index in [4.69, 9.17) is 5.73 Å². The Labute approximate surface area is 83.1 Å². The Morgan fingerprint density at radius 3 is 1.92 bits per heavy atom. The minimum atomic E-state index is 0.470. The van der Waals surface area contributed by atoms with Crippen LogP contribution in [0.15, 0.2) is 0 Å². The molecule has 1 fully saturated rings. The Kier molecular flexibility index (Phi) is 5.45. The average molecular weight is 183 g/mol. The second-order valence-electron chi connectivity index (χ2n) is 4.53. The second kappa shape index (κ2) is 6.42. The minimum absolute atomic E-state index is 0.470. The van der Waals surface area contributed by atoms with Crippen molar-refractivity contribution in [3.63, 3.8) is 0 Å². The normalized spacial score (nSPS) is 24.5. The molecule has 1 aliphatic carbocycles. The lowest BCUT2D eigenvalue weighted by molar-refractivity contribution is 0.347. The fourth-order valence-electron chi connectivity index (χ4n) is 2.43. The van der Waals surface area contributed by atoms with E-state index in [2.05, 4.69) is 6.92 Å². The maximum Gasteiger partial charge on any atom is 0.00645 e. The lowest BCUT2D eigenvalue weighted by Gasteiger charge is -2.22. The van der Waals surface area contributed by atoms with Crippen LogP contribution in [-0.4, -0.2) is 6.04 Å². The highest BCUT2D eigenvalue weighted by molar-refractivity contribution is 4.72. The van der Waals surface area contributed by atoms with Gasteiger partial charge in [0.2, 0.25) is 0 Å². The summed E-state index contributed by atoms with van der Waals surface area (Å²) < 4.78 is 0. The molecule has 1 nitrogen and oxygen atoms in total. The number of hydrogen-bond donors (Lipinski definition) is 1. The molecule has 0 aromatic carbocycles. The van der Waals surface area contributed by atoms with Crippen LogP contribution in [0.4, 0.5) is 0 Å². The highest BCUT2D eigenvalue weighted by atomic mass is 14.6. The molecule has 1 rings (SSSR count). The van der Waals surface area contributed by atoms with Crippen molar-refractivity contribution in [1.29, 1.82) is 0 Å². The fraction of sp³-hybridized carbons (Fsp3) is 1.00. The predicted molar refractivity (Wildman–Crippen MR) is 58.7 cm³/mol. The van der Waals surface area contributed by atoms with Crippen LogP contribution >= 0.6 is 0 Å². The molecule has 1 heteroatoms. The Balaban J connectivity index is 2.31. The molecular weight excluding hydrogens is 158 g/mol. The van der Waals surface area contributed by atoms with Gasteiger partial charge in [-0.15, -0.1) is 0 Å². The quantitative estimate of drug-likeness (QED) is 0.697. The van der Waals surface area contributed by atoms with Gasteiger partial charge in [-0.2, -0.15) is 0 Å². The van der Waals surface area contributed by atoms with E-state index in [1.54, 1.807) is 0 Å². The summed E-state index contributed by atoms with van der Waals surface area (Å²) in [5, 5.41) is 0. The van der Waals surface area contributed by atoms with E-state index in [1.165, 1.54) is 51.4 Å². The van der Waals surface area contributed by atoms with Gasteiger partial charge in [0.25, 0.3) is 0 Å². The van der Waals surface area contributed by atoms with Gasteiger partial charge >= 0.3 is 0 Å². The van der Waals surface area contributed by atoms with E-state index in [1.807, 2.05) is 0 Å². The number of nitrogens with two attached hydrogens (primary N) is 1. The van der Waals surface area contributed by atoms with Crippen molar-refractivity contribution in [3.05, 3.63) is 0 Å². The fourth-order valence-corrected chi connectivity index (χ4v) is 2.43. The molecule has 0 bridgehead atoms. The van der Waals surface area contributed by atoms with E-state index >= 15 is 0 Å². The third-order valence-corrected chi connectivity index (χ3v) is 3.48. The topological polar surface area (TPSA) is 26.0 Å². The molecule has 78 valence electrons. The van der Waals surface area contributed by atoms with Gasteiger partial charge in [0.1, 0.15) is 0 Å². The van der Waals surface area contributed by atoms with Crippen LogP contribution in [0.5, 0.6) is 0 Å². The van der Waals surface area contributed by atoms with Crippen molar-refractivity contribution in [2.45, 2.75) is 70.8 Å². The van der Waals surface area contributed by atoms with E-state index in [9.17, 15) is 0 Å². The SMILES string of the molecule is CC[C@@H](N)C1CCCCCCCC1. The van der Waals surface area contributed by atoms with Gasteiger partial charge in [0.05, 0.1) is 0 Å². The average Bonchev–Trinajstić information content (AvgIpc) is 2.29. The van der Waals surface area contributed by atoms with E-state index in [0.29, 0.717) is 6.04 Å². The Hall–Kier alpha value is -0.0400. The first-order valence-electron chi connectivity index (χ1n) is 6.10. The van der Waals surface area contributed by atoms with Gasteiger partial charge in [-0.3, -0.25) is 0 Å². The number of rotatable bonds is 2. The molecule has 0 aromatic rings. The summed E-state index contributed by atoms with van der Waals surface area (Å²) in [5.41, 5.74) is 6.12. The summed E-state index contributed by atoms with van der Waals surface area (Å²) in [6.07, 6.45) is 12.5. The zero-order chi connectivity index (χ0) is 9.52. The first-order chi connectivity index (χ1) is 6.34. The van der Waals surface area contributed by atoms with Crippen LogP contribution in [0.25, 0.3) is 0 Å². The Bertz CT molecular complexity index is 112. The first-order valence-corrected chi connectivity index (χ1v) is 6.10. The molecule has 0 heterocycles. The third kappa shape index (κ3) is 4.12. The standard InChI is InChI=1S/C12H25N/c1-2-12(13)11-9-7-5-3-4-6-8-10-11/h11-12H,2-10,13H2,1H3/t12-/m1/s1. The smallest absolute Gasteiger partial charge is 0.00645 e. The maximum absolute atomic E-state index is 6.12. The summed E-state index contributed by atoms with van der Waals surface area (Å²) in [6.45, 7) is 2.22. The lowest BCUT2D eigenvalue weighted by Crippen LogP contribution is -2.29. The van der Waals surface area contributed by atoms with Crippen molar-refractivity contribution < 1.29 is 0 Å². The van der Waals surface area contributed by atoms with Crippen molar-refractivity contribution in [1.82, 2.24) is 0 Å². The Morgan fingerprint density at radius 2 is 1.46 bits per heavy atom. The van der Waals surface area contributed by atoms with Crippen molar-refractivity contribution >= 4 is 0 Å². The molecule has 1 saturated carbocycles. The summed E-state index contributed by atoms with van der Waals surface area (Å²) in [7, 11) is 0. The summed E-state index contributed by atoms with van der Waals surface area (Å²) in [4.78, 5) is 0. The minimum Gasteiger partial charge on any atom is -0.327 e. The molecule has 0 spiro atoms. The van der Waals surface area contributed by atoms with Crippen molar-refractivity contribution in [2.75, 3.05) is 0 Å². The molecule has 1 atom stereocenters. The van der Waals surface area contributed by atoms with Gasteiger partial charge in [0, 0.05) is 6.04 Å². The highest BCUT2D eigenvalue weighted by Gasteiger charge is 2.16. The number of hydrogen-bond acceptors (Lipinski definition) is 1. The molecular formula is C12H25N. The maximum atomic E-state index is 6.12. The second-order valence-corrected chi connectivity index (χ2v) is 4.53. The predicted octanol–water partition coefficient (Wildman–Crippen LogP) is 3.47. The highest BCUT2D eigenvalue weighted by Crippen LogP contribution is 2.24. The van der Waals surface area contributed by atoms with Gasteiger partial charge in [-0.05, 0) is 25.2 Å². The van der Waals surface area contributed by atoms with E-state index in [0.717, 1.165) is 12.3 Å². The molecule has 0 saturated heterocycles. The largest absolute Gasteiger partial charge is 0.327 e. The van der Waals surface area contributed by atoms with Crippen LogP contribution in [0.3, 0.4) is 0 Å². The van der Waals surface area contributed by atoms with Gasteiger partial charge < -0.3 is 5.73 Å².